The molecule has 0 unspecified atom stereocenters. The van der Waals surface area contributed by atoms with Crippen LogP contribution >= 0.6 is 23.2 Å². The van der Waals surface area contributed by atoms with Gasteiger partial charge in [0.2, 0.25) is 0 Å². The zero-order chi connectivity index (χ0) is 14.8. The van der Waals surface area contributed by atoms with Crippen LogP contribution in [0.1, 0.15) is 11.6 Å². The van der Waals surface area contributed by atoms with Crippen molar-refractivity contribution in [3.63, 3.8) is 0 Å². The van der Waals surface area contributed by atoms with Gasteiger partial charge in [-0.25, -0.2) is 0 Å². The maximum atomic E-state index is 6.15. The monoisotopic (exact) mass is 321 g/mol. The third-order valence-electron chi connectivity index (χ3n) is 3.80. The maximum Gasteiger partial charge on any atom is 0.0668 e. The molecule has 1 atom stereocenters. The Morgan fingerprint density at radius 2 is 1.76 bits per heavy atom. The van der Waals surface area contributed by atoms with Gasteiger partial charge in [0.25, 0.3) is 0 Å². The predicted molar refractivity (Wildman–Crippen MR) is 90.3 cm³/mol. The van der Waals surface area contributed by atoms with Crippen molar-refractivity contribution in [3.8, 4) is 0 Å². The van der Waals surface area contributed by atoms with Crippen molar-refractivity contribution >= 4 is 34.6 Å². The Hall–Kier alpha value is -1.42. The van der Waals surface area contributed by atoms with Gasteiger partial charge < -0.3 is 16.0 Å². The normalized spacial score (nSPS) is 18.8. The summed E-state index contributed by atoms with van der Waals surface area (Å²) in [5.74, 6) is 0. The molecule has 0 aliphatic carbocycles. The molecule has 5 heteroatoms. The average molecular weight is 322 g/mol. The number of hydrogen-bond acceptors (Lipinski definition) is 3. The Labute approximate surface area is 134 Å². The fourth-order valence-corrected chi connectivity index (χ4v) is 3.07. The molecule has 2 aromatic carbocycles. The molecule has 1 heterocycles. The van der Waals surface area contributed by atoms with E-state index in [0.29, 0.717) is 10.7 Å². The van der Waals surface area contributed by atoms with E-state index in [-0.39, 0.29) is 6.04 Å². The number of nitrogens with zero attached hydrogens (tertiary/aromatic N) is 1. The van der Waals surface area contributed by atoms with Crippen LogP contribution in [0.25, 0.3) is 0 Å². The van der Waals surface area contributed by atoms with Gasteiger partial charge in [0.1, 0.15) is 0 Å². The van der Waals surface area contributed by atoms with Crippen LogP contribution in [0.15, 0.2) is 42.5 Å². The van der Waals surface area contributed by atoms with E-state index in [0.717, 1.165) is 30.3 Å². The predicted octanol–water partition coefficient (Wildman–Crippen LogP) is 3.73. The number of hydrogen-bond donors (Lipinski definition) is 2. The summed E-state index contributed by atoms with van der Waals surface area (Å²) in [4.78, 5) is 2.32. The molecule has 3 rings (SSSR count). The number of nitrogens with two attached hydrogens (primary N) is 1. The van der Waals surface area contributed by atoms with Gasteiger partial charge in [0, 0.05) is 29.7 Å². The number of benzene rings is 2. The van der Waals surface area contributed by atoms with Crippen LogP contribution in [0.3, 0.4) is 0 Å². The van der Waals surface area contributed by atoms with Crippen LogP contribution < -0.4 is 16.0 Å². The number of anilines is 2. The highest BCUT2D eigenvalue weighted by Crippen LogP contribution is 2.34. The number of piperazine rings is 1. The lowest BCUT2D eigenvalue weighted by Gasteiger charge is -2.39. The lowest BCUT2D eigenvalue weighted by molar-refractivity contribution is 0.490. The molecule has 21 heavy (non-hydrogen) atoms. The van der Waals surface area contributed by atoms with Gasteiger partial charge >= 0.3 is 0 Å². The van der Waals surface area contributed by atoms with E-state index in [4.69, 9.17) is 28.9 Å². The van der Waals surface area contributed by atoms with Crippen LogP contribution in [0.5, 0.6) is 0 Å². The van der Waals surface area contributed by atoms with Crippen molar-refractivity contribution < 1.29 is 0 Å². The molecule has 1 aliphatic heterocycles. The molecular weight excluding hydrogens is 305 g/mol. The molecule has 0 aromatic heterocycles. The Morgan fingerprint density at radius 3 is 2.48 bits per heavy atom. The molecule has 3 N–H and O–H groups in total. The zero-order valence-corrected chi connectivity index (χ0v) is 13.0. The molecule has 0 spiro atoms. The zero-order valence-electron chi connectivity index (χ0n) is 11.5. The van der Waals surface area contributed by atoms with Gasteiger partial charge in [-0.2, -0.15) is 0 Å². The van der Waals surface area contributed by atoms with Crippen LogP contribution in [0.2, 0.25) is 10.0 Å². The summed E-state index contributed by atoms with van der Waals surface area (Å²) in [5, 5.41) is 4.85. The van der Waals surface area contributed by atoms with Crippen molar-refractivity contribution in [2.45, 2.75) is 6.04 Å². The SMILES string of the molecule is Nc1cc(Cl)ccc1N1CCNC[C@H]1c1ccc(Cl)cc1. The summed E-state index contributed by atoms with van der Waals surface area (Å²) in [5.41, 5.74) is 9.11. The van der Waals surface area contributed by atoms with Crippen molar-refractivity contribution in [3.05, 3.63) is 58.1 Å². The van der Waals surface area contributed by atoms with Crippen LogP contribution in [0.4, 0.5) is 11.4 Å². The molecule has 1 saturated heterocycles. The molecule has 110 valence electrons. The second-order valence-electron chi connectivity index (χ2n) is 5.17. The quantitative estimate of drug-likeness (QED) is 0.828. The molecule has 0 bridgehead atoms. The summed E-state index contributed by atoms with van der Waals surface area (Å²) in [7, 11) is 0. The lowest BCUT2D eigenvalue weighted by Crippen LogP contribution is -2.46. The van der Waals surface area contributed by atoms with E-state index in [9.17, 15) is 0 Å². The fraction of sp³-hybridized carbons (Fsp3) is 0.250. The van der Waals surface area contributed by atoms with Gasteiger partial charge in [0.05, 0.1) is 17.4 Å². The molecule has 1 fully saturated rings. The standard InChI is InChI=1S/C16H17Cl2N3/c17-12-3-1-11(2-4-12)16-10-20-7-8-21(16)15-6-5-13(18)9-14(15)19/h1-6,9,16,20H,7-8,10,19H2/t16-/m0/s1. The summed E-state index contributed by atoms with van der Waals surface area (Å²) in [6, 6.07) is 13.9. The minimum absolute atomic E-state index is 0.236. The number of rotatable bonds is 2. The molecule has 1 aliphatic rings. The highest BCUT2D eigenvalue weighted by molar-refractivity contribution is 6.31. The minimum atomic E-state index is 0.236. The van der Waals surface area contributed by atoms with E-state index in [1.54, 1.807) is 6.07 Å². The Bertz CT molecular complexity index is 628. The Morgan fingerprint density at radius 1 is 1.05 bits per heavy atom. The van der Waals surface area contributed by atoms with Crippen molar-refractivity contribution in [2.24, 2.45) is 0 Å². The average Bonchev–Trinajstić information content (AvgIpc) is 2.48. The topological polar surface area (TPSA) is 41.3 Å². The first-order chi connectivity index (χ1) is 10.1. The third-order valence-corrected chi connectivity index (χ3v) is 4.28. The summed E-state index contributed by atoms with van der Waals surface area (Å²) in [6.07, 6.45) is 0. The highest BCUT2D eigenvalue weighted by Gasteiger charge is 2.25. The van der Waals surface area contributed by atoms with Gasteiger partial charge in [-0.3, -0.25) is 0 Å². The summed E-state index contributed by atoms with van der Waals surface area (Å²) in [6.45, 7) is 2.72. The fourth-order valence-electron chi connectivity index (χ4n) is 2.76. The highest BCUT2D eigenvalue weighted by atomic mass is 35.5. The third kappa shape index (κ3) is 3.10. The Kier molecular flexibility index (Phi) is 4.24. The van der Waals surface area contributed by atoms with Gasteiger partial charge in [-0.1, -0.05) is 35.3 Å². The lowest BCUT2D eigenvalue weighted by atomic mass is 10.0. The van der Waals surface area contributed by atoms with Gasteiger partial charge in [0.15, 0.2) is 0 Å². The first-order valence-electron chi connectivity index (χ1n) is 6.93. The number of nitrogens with one attached hydrogen (secondary N) is 1. The van der Waals surface area contributed by atoms with Gasteiger partial charge in [-0.15, -0.1) is 0 Å². The molecule has 2 aromatic rings. The van der Waals surface area contributed by atoms with E-state index in [1.165, 1.54) is 5.56 Å². The second kappa shape index (κ2) is 6.14. The van der Waals surface area contributed by atoms with Gasteiger partial charge in [-0.05, 0) is 35.9 Å². The summed E-state index contributed by atoms with van der Waals surface area (Å²) >= 11 is 12.0. The summed E-state index contributed by atoms with van der Waals surface area (Å²) < 4.78 is 0. The molecular formula is C16H17Cl2N3. The number of nitrogen functional groups attached to an aromatic ring is 1. The largest absolute Gasteiger partial charge is 0.397 e. The van der Waals surface area contributed by atoms with E-state index >= 15 is 0 Å². The van der Waals surface area contributed by atoms with Crippen LogP contribution in [-0.2, 0) is 0 Å². The van der Waals surface area contributed by atoms with Crippen LogP contribution in [0, 0.1) is 0 Å². The molecule has 0 amide bonds. The first-order valence-corrected chi connectivity index (χ1v) is 7.68. The minimum Gasteiger partial charge on any atom is -0.397 e. The van der Waals surface area contributed by atoms with Crippen molar-refractivity contribution in [1.29, 1.82) is 0 Å². The van der Waals surface area contributed by atoms with E-state index in [2.05, 4.69) is 22.3 Å². The van der Waals surface area contributed by atoms with Crippen molar-refractivity contribution in [1.82, 2.24) is 5.32 Å². The Balaban J connectivity index is 1.96. The number of halogens is 2. The maximum absolute atomic E-state index is 6.15. The first kappa shape index (κ1) is 14.5. The molecule has 3 nitrogen and oxygen atoms in total. The smallest absolute Gasteiger partial charge is 0.0668 e. The van der Waals surface area contributed by atoms with E-state index < -0.39 is 0 Å². The second-order valence-corrected chi connectivity index (χ2v) is 6.04. The van der Waals surface area contributed by atoms with E-state index in [1.807, 2.05) is 24.3 Å². The molecule has 0 saturated carbocycles. The molecule has 0 radical (unpaired) electrons. The van der Waals surface area contributed by atoms with Crippen LogP contribution in [-0.4, -0.2) is 19.6 Å². The van der Waals surface area contributed by atoms with Crippen molar-refractivity contribution in [2.75, 3.05) is 30.3 Å².